The van der Waals surface area contributed by atoms with E-state index >= 15 is 0 Å². The summed E-state index contributed by atoms with van der Waals surface area (Å²) in [6.45, 7) is 3.50. The van der Waals surface area contributed by atoms with Crippen LogP contribution in [-0.4, -0.2) is 183 Å². The van der Waals surface area contributed by atoms with Crippen LogP contribution in [0, 0.1) is 5.92 Å². The number of aliphatic imine (C=N–C) groups is 1. The van der Waals surface area contributed by atoms with Gasteiger partial charge in [0.05, 0.1) is 19.4 Å². The van der Waals surface area contributed by atoms with Gasteiger partial charge in [-0.25, -0.2) is 0 Å². The lowest BCUT2D eigenvalue weighted by atomic mass is 10.0. The lowest BCUT2D eigenvalue weighted by molar-refractivity contribution is -0.137. The van der Waals surface area contributed by atoms with Crippen molar-refractivity contribution < 1.29 is 77.6 Å². The molecular weight excluding hydrogens is 1240 g/mol. The summed E-state index contributed by atoms with van der Waals surface area (Å²) in [5, 5.41) is 54.0. The van der Waals surface area contributed by atoms with Gasteiger partial charge in [-0.2, -0.15) is 25.3 Å². The van der Waals surface area contributed by atoms with Gasteiger partial charge in [0.2, 0.25) is 76.8 Å². The third kappa shape index (κ3) is 27.6. The number of nitrogens with two attached hydrogens (primary N) is 5. The molecule has 0 saturated carbocycles. The third-order valence-corrected chi connectivity index (χ3v) is 14.2. The number of benzene rings is 3. The second-order valence-corrected chi connectivity index (χ2v) is 22.3. The van der Waals surface area contributed by atoms with E-state index in [1.54, 1.807) is 44.2 Å². The van der Waals surface area contributed by atoms with E-state index in [9.17, 15) is 77.6 Å². The van der Waals surface area contributed by atoms with Gasteiger partial charge in [0.1, 0.15) is 71.9 Å². The van der Waals surface area contributed by atoms with Crippen molar-refractivity contribution in [3.05, 3.63) is 95.6 Å². The van der Waals surface area contributed by atoms with Crippen molar-refractivity contribution in [2.45, 2.75) is 133 Å². The number of hydrogen-bond acceptors (Lipinski definition) is 19. The van der Waals surface area contributed by atoms with Crippen LogP contribution < -0.4 is 81.8 Å². The van der Waals surface area contributed by atoms with Crippen LogP contribution >= 0.6 is 25.3 Å². The van der Waals surface area contributed by atoms with E-state index in [0.717, 1.165) is 6.92 Å². The summed E-state index contributed by atoms with van der Waals surface area (Å²) in [5.74, 6) is -14.7. The van der Waals surface area contributed by atoms with Crippen molar-refractivity contribution in [2.24, 2.45) is 39.6 Å². The predicted octanol–water partition coefficient (Wildman–Crippen LogP) is -5.82. The molecule has 0 aliphatic rings. The summed E-state index contributed by atoms with van der Waals surface area (Å²) in [4.78, 5) is 178. The highest BCUT2D eigenvalue weighted by Crippen LogP contribution is 2.15. The second-order valence-electron chi connectivity index (χ2n) is 21.6. The number of aromatic hydroxyl groups is 2. The van der Waals surface area contributed by atoms with Crippen LogP contribution in [0.5, 0.6) is 11.5 Å². The number of nitrogens with one attached hydrogen (secondary N) is 10. The van der Waals surface area contributed by atoms with Gasteiger partial charge in [-0.3, -0.25) is 67.3 Å². The standard InChI is InChI=1S/C58H82N16O16S2/c1-29(2)20-38(50(83)66-36(10-7-19-64-58(62)63)49(82)67-37(48(61)81)21-32-11-15-34(77)16-12-32)68-56(89)44(27-91)73-52(85)40(22-31-8-5-4-6-9-31)69-55(88)43(26-75)72-53(86)41(24-46(59)79)71-57(90)45(28-92)74-54(87)42(25-47(60)80)70-51(84)39(65-30(3)76)23-33-13-17-35(78)18-14-33/h4-6,8-9,11-18,29,36-45,75,77-78,91-92H,7,10,19-28H2,1-3H3,(H2,59,79)(H2,60,80)(H2,61,81)(H,65,76)(H,66,83)(H,67,82)(H,68,89)(H,69,88)(H,70,84)(H,71,90)(H,72,86)(H,73,85)(H,74,87)(H4,62,63,64)/t36-,37-,38-,39-,40-,41-,42-,43-,44-,45-/m0/s1. The molecule has 0 heterocycles. The third-order valence-electron chi connectivity index (χ3n) is 13.5. The number of carbonyl (C=O) groups is 13. The highest BCUT2D eigenvalue weighted by atomic mass is 32.1. The number of guanidine groups is 1. The maximum absolute atomic E-state index is 14.3. The Hall–Kier alpha value is -9.70. The smallest absolute Gasteiger partial charge is 0.245 e. The summed E-state index contributed by atoms with van der Waals surface area (Å²) in [7, 11) is 0. The number of aliphatic hydroxyl groups excluding tert-OH is 1. The number of primary amides is 3. The van der Waals surface area contributed by atoms with Gasteiger partial charge in [0.15, 0.2) is 5.96 Å². The summed E-state index contributed by atoms with van der Waals surface area (Å²) < 4.78 is 0. The minimum Gasteiger partial charge on any atom is -0.508 e. The fraction of sp³-hybridized carbons (Fsp3) is 0.448. The maximum atomic E-state index is 14.3. The number of thiol groups is 2. The molecule has 13 amide bonds. The lowest BCUT2D eigenvalue weighted by Gasteiger charge is -2.28. The Balaban J connectivity index is 1.82. The van der Waals surface area contributed by atoms with Crippen molar-refractivity contribution in [1.29, 1.82) is 0 Å². The maximum Gasteiger partial charge on any atom is 0.245 e. The van der Waals surface area contributed by atoms with Crippen molar-refractivity contribution in [2.75, 3.05) is 24.7 Å². The summed E-state index contributed by atoms with van der Waals surface area (Å²) in [6.07, 6.45) is -2.16. The van der Waals surface area contributed by atoms with Crippen molar-refractivity contribution in [3.8, 4) is 11.5 Å². The molecule has 0 aliphatic carbocycles. The molecule has 0 radical (unpaired) electrons. The lowest BCUT2D eigenvalue weighted by Crippen LogP contribution is -2.62. The van der Waals surface area contributed by atoms with Crippen LogP contribution in [0.3, 0.4) is 0 Å². The van der Waals surface area contributed by atoms with Crippen LogP contribution in [0.2, 0.25) is 0 Å². The number of phenols is 2. The van der Waals surface area contributed by atoms with E-state index in [2.05, 4.69) is 83.4 Å². The SMILES string of the molecule is CC(=O)N[C@@H](Cc1ccc(O)cc1)C(=O)N[C@@H](CC(N)=O)C(=O)N[C@@H](CS)C(=O)N[C@@H](CC(N)=O)C(=O)N[C@@H](CO)C(=O)N[C@@H](Cc1ccccc1)C(=O)N[C@@H](CS)C(=O)N[C@@H](CC(C)C)C(=O)N[C@@H](CCCN=C(N)N)C(=O)N[C@@H](Cc1ccc(O)cc1)C(N)=O. The van der Waals surface area contributed by atoms with Gasteiger partial charge in [-0.05, 0) is 66.1 Å². The van der Waals surface area contributed by atoms with Crippen LogP contribution in [0.25, 0.3) is 0 Å². The van der Waals surface area contributed by atoms with Crippen LogP contribution in [0.4, 0.5) is 0 Å². The number of carbonyl (C=O) groups excluding carboxylic acids is 13. The number of nitrogens with zero attached hydrogens (tertiary/aromatic N) is 1. The first kappa shape index (κ1) is 76.5. The molecule has 32 nitrogen and oxygen atoms in total. The Kier molecular flexibility index (Phi) is 32.2. The molecule has 502 valence electrons. The zero-order valence-corrected chi connectivity index (χ0v) is 52.5. The number of amides is 13. The molecule has 0 saturated heterocycles. The average Bonchev–Trinajstić information content (AvgIpc) is 1.10. The summed E-state index contributed by atoms with van der Waals surface area (Å²) in [5.41, 5.74) is 28.9. The molecule has 34 heteroatoms. The molecule has 92 heavy (non-hydrogen) atoms. The zero-order chi connectivity index (χ0) is 68.8. The van der Waals surface area contributed by atoms with E-state index in [1.807, 2.05) is 0 Å². The fourth-order valence-corrected chi connectivity index (χ4v) is 9.32. The van der Waals surface area contributed by atoms with Crippen LogP contribution in [0.1, 0.15) is 69.6 Å². The first-order chi connectivity index (χ1) is 43.4. The van der Waals surface area contributed by atoms with Crippen molar-refractivity contribution in [1.82, 2.24) is 53.2 Å². The first-order valence-electron chi connectivity index (χ1n) is 28.8. The van der Waals surface area contributed by atoms with E-state index in [4.69, 9.17) is 28.7 Å². The van der Waals surface area contributed by atoms with E-state index in [0.29, 0.717) is 16.7 Å². The Labute approximate surface area is 540 Å². The van der Waals surface area contributed by atoms with Gasteiger partial charge in [-0.15, -0.1) is 0 Å². The Bertz CT molecular complexity index is 3090. The molecule has 0 spiro atoms. The topological polar surface area (TPSA) is 545 Å². The molecule has 3 aromatic rings. The highest BCUT2D eigenvalue weighted by molar-refractivity contribution is 7.80. The average molecular weight is 1320 g/mol. The van der Waals surface area contributed by atoms with E-state index in [-0.39, 0.29) is 74.2 Å². The molecule has 23 N–H and O–H groups in total. The summed E-state index contributed by atoms with van der Waals surface area (Å²) >= 11 is 8.40. The molecule has 0 bridgehead atoms. The number of aliphatic hydroxyl groups is 1. The largest absolute Gasteiger partial charge is 0.508 e. The molecule has 3 rings (SSSR count). The van der Waals surface area contributed by atoms with Gasteiger partial charge >= 0.3 is 0 Å². The molecule has 3 aromatic carbocycles. The highest BCUT2D eigenvalue weighted by Gasteiger charge is 2.36. The molecule has 0 aromatic heterocycles. The van der Waals surface area contributed by atoms with E-state index in [1.165, 1.54) is 48.5 Å². The number of rotatable bonds is 39. The molecule has 10 atom stereocenters. The molecular formula is C58H82N16O16S2. The zero-order valence-electron chi connectivity index (χ0n) is 50.7. The minimum absolute atomic E-state index is 0.0104. The van der Waals surface area contributed by atoms with Crippen LogP contribution in [-0.2, 0) is 81.6 Å². The summed E-state index contributed by atoms with van der Waals surface area (Å²) in [6, 6.07) is 3.86. The minimum atomic E-state index is -1.92. The van der Waals surface area contributed by atoms with Gasteiger partial charge in [0.25, 0.3) is 0 Å². The fourth-order valence-electron chi connectivity index (χ4n) is 8.80. The molecule has 0 aliphatic heterocycles. The molecule has 0 fully saturated rings. The monoisotopic (exact) mass is 1320 g/mol. The predicted molar refractivity (Wildman–Crippen MR) is 340 cm³/mol. The first-order valence-corrected chi connectivity index (χ1v) is 30.0. The van der Waals surface area contributed by atoms with Crippen LogP contribution in [0.15, 0.2) is 83.9 Å². The van der Waals surface area contributed by atoms with Crippen molar-refractivity contribution >= 4 is 108 Å². The van der Waals surface area contributed by atoms with Gasteiger partial charge < -0.3 is 97.2 Å². The number of hydrogen-bond donors (Lipinski definition) is 20. The Morgan fingerprint density at radius 1 is 0.435 bits per heavy atom. The Morgan fingerprint density at radius 2 is 0.772 bits per heavy atom. The molecule has 0 unspecified atom stereocenters. The normalized spacial score (nSPS) is 14.2. The quantitative estimate of drug-likeness (QED) is 0.0109. The van der Waals surface area contributed by atoms with E-state index < -0.39 is 162 Å². The Morgan fingerprint density at radius 3 is 1.18 bits per heavy atom. The number of phenolic OH excluding ortho intramolecular Hbond substituents is 2. The second kappa shape index (κ2) is 38.8. The van der Waals surface area contributed by atoms with Gasteiger partial charge in [0, 0.05) is 44.2 Å². The van der Waals surface area contributed by atoms with Crippen molar-refractivity contribution in [3.63, 3.8) is 0 Å². The van der Waals surface area contributed by atoms with Gasteiger partial charge in [-0.1, -0.05) is 68.4 Å².